The molecule has 0 saturated heterocycles. The summed E-state index contributed by atoms with van der Waals surface area (Å²) >= 11 is 1.08. The van der Waals surface area contributed by atoms with Crippen molar-refractivity contribution >= 4 is 28.1 Å². The first-order valence-electron chi connectivity index (χ1n) is 9.42. The first kappa shape index (κ1) is 19.2. The summed E-state index contributed by atoms with van der Waals surface area (Å²) < 4.78 is 9.76. The zero-order valence-corrected chi connectivity index (χ0v) is 16.4. The minimum Gasteiger partial charge on any atom is -0.492 e. The monoisotopic (exact) mass is 410 g/mol. The molecule has 1 fully saturated rings. The SMILES string of the molecule is N=C(N[C@@H]1CCC[C@H]1O)c1c(O)nsc1Nc1ccc(Oc2ccccc2)cc1. The fourth-order valence-corrected chi connectivity index (χ4v) is 4.04. The van der Waals surface area contributed by atoms with Gasteiger partial charge in [0.25, 0.3) is 0 Å². The van der Waals surface area contributed by atoms with Crippen LogP contribution in [-0.4, -0.2) is 32.6 Å². The van der Waals surface area contributed by atoms with Crippen molar-refractivity contribution in [2.45, 2.75) is 31.4 Å². The predicted octanol–water partition coefficient (Wildman–Crippen LogP) is 4.21. The topological polar surface area (TPSA) is 110 Å². The summed E-state index contributed by atoms with van der Waals surface area (Å²) in [6.45, 7) is 0. The molecule has 1 heterocycles. The van der Waals surface area contributed by atoms with Crippen LogP contribution in [0.4, 0.5) is 10.7 Å². The number of amidine groups is 1. The number of benzene rings is 2. The first-order valence-corrected chi connectivity index (χ1v) is 10.2. The fraction of sp³-hybridized carbons (Fsp3) is 0.238. The number of nitrogens with one attached hydrogen (secondary N) is 3. The molecule has 1 saturated carbocycles. The number of ether oxygens (including phenoxy) is 1. The van der Waals surface area contributed by atoms with E-state index in [9.17, 15) is 10.2 Å². The second-order valence-corrected chi connectivity index (χ2v) is 7.67. The van der Waals surface area contributed by atoms with Crippen molar-refractivity contribution in [1.82, 2.24) is 9.69 Å². The van der Waals surface area contributed by atoms with Gasteiger partial charge in [-0.05, 0) is 67.2 Å². The third-order valence-electron chi connectivity index (χ3n) is 4.82. The van der Waals surface area contributed by atoms with Gasteiger partial charge in [-0.2, -0.15) is 4.37 Å². The second-order valence-electron chi connectivity index (χ2n) is 6.90. The molecule has 8 heteroatoms. The Morgan fingerprint density at radius 3 is 2.48 bits per heavy atom. The van der Waals surface area contributed by atoms with E-state index in [1.54, 1.807) is 0 Å². The Bertz CT molecular complexity index is 975. The Morgan fingerprint density at radius 2 is 1.79 bits per heavy atom. The van der Waals surface area contributed by atoms with Crippen LogP contribution in [0.5, 0.6) is 17.4 Å². The van der Waals surface area contributed by atoms with E-state index >= 15 is 0 Å². The maximum Gasteiger partial charge on any atom is 0.236 e. The molecular weight excluding hydrogens is 388 g/mol. The van der Waals surface area contributed by atoms with Gasteiger partial charge < -0.3 is 25.6 Å². The van der Waals surface area contributed by atoms with Gasteiger partial charge in [0.15, 0.2) is 0 Å². The standard InChI is InChI=1S/C21H22N4O3S/c22-19(24-16-7-4-8-17(16)26)18-20(27)25-29-21(18)23-13-9-11-15(12-10-13)28-14-5-2-1-3-6-14/h1-3,5-6,9-12,16-17,23,26H,4,7-8H2,(H2,22,24)(H,25,27)/t16-,17-/m1/s1. The molecule has 0 amide bonds. The lowest BCUT2D eigenvalue weighted by Gasteiger charge is -2.18. The Morgan fingerprint density at radius 1 is 1.07 bits per heavy atom. The number of aromatic hydroxyl groups is 1. The summed E-state index contributed by atoms with van der Waals surface area (Å²) in [7, 11) is 0. The van der Waals surface area contributed by atoms with Crippen LogP contribution in [0, 0.1) is 5.41 Å². The number of aromatic nitrogens is 1. The van der Waals surface area contributed by atoms with E-state index in [0.717, 1.165) is 42.2 Å². The van der Waals surface area contributed by atoms with Gasteiger partial charge in [-0.15, -0.1) is 0 Å². The molecule has 5 N–H and O–H groups in total. The molecule has 7 nitrogen and oxygen atoms in total. The first-order chi connectivity index (χ1) is 14.1. The highest BCUT2D eigenvalue weighted by Crippen LogP contribution is 2.33. The quantitative estimate of drug-likeness (QED) is 0.307. The Kier molecular flexibility index (Phi) is 5.64. The van der Waals surface area contributed by atoms with Gasteiger partial charge in [-0.1, -0.05) is 18.2 Å². The molecule has 1 aliphatic carbocycles. The Balaban J connectivity index is 1.45. The second kappa shape index (κ2) is 8.50. The molecule has 3 aromatic rings. The van der Waals surface area contributed by atoms with Gasteiger partial charge >= 0.3 is 0 Å². The van der Waals surface area contributed by atoms with Crippen LogP contribution in [0.25, 0.3) is 0 Å². The normalized spacial score (nSPS) is 18.4. The summed E-state index contributed by atoms with van der Waals surface area (Å²) in [6.07, 6.45) is 1.97. The highest BCUT2D eigenvalue weighted by Gasteiger charge is 2.28. The van der Waals surface area contributed by atoms with Gasteiger partial charge in [-0.25, -0.2) is 0 Å². The summed E-state index contributed by atoms with van der Waals surface area (Å²) in [5.41, 5.74) is 1.09. The number of aliphatic hydroxyl groups is 1. The zero-order valence-electron chi connectivity index (χ0n) is 15.6. The molecular formula is C21H22N4O3S. The maximum atomic E-state index is 10.1. The third kappa shape index (κ3) is 4.49. The largest absolute Gasteiger partial charge is 0.492 e. The van der Waals surface area contributed by atoms with E-state index in [0.29, 0.717) is 16.3 Å². The van der Waals surface area contributed by atoms with Crippen LogP contribution < -0.4 is 15.4 Å². The number of aliphatic hydroxyl groups excluding tert-OH is 1. The lowest BCUT2D eigenvalue weighted by atomic mass is 10.2. The van der Waals surface area contributed by atoms with Crippen molar-refractivity contribution < 1.29 is 14.9 Å². The molecule has 2 aromatic carbocycles. The van der Waals surface area contributed by atoms with E-state index in [1.165, 1.54) is 0 Å². The van der Waals surface area contributed by atoms with E-state index < -0.39 is 6.10 Å². The average molecular weight is 410 g/mol. The molecule has 0 radical (unpaired) electrons. The van der Waals surface area contributed by atoms with Crippen molar-refractivity contribution in [2.75, 3.05) is 5.32 Å². The van der Waals surface area contributed by atoms with Crippen LogP contribution >= 0.6 is 11.5 Å². The molecule has 1 aromatic heterocycles. The lowest BCUT2D eigenvalue weighted by molar-refractivity contribution is 0.157. The third-order valence-corrected chi connectivity index (χ3v) is 5.58. The highest BCUT2D eigenvalue weighted by atomic mass is 32.1. The molecule has 0 bridgehead atoms. The molecule has 2 atom stereocenters. The number of rotatable bonds is 6. The van der Waals surface area contributed by atoms with E-state index in [2.05, 4.69) is 15.0 Å². The van der Waals surface area contributed by atoms with Gasteiger partial charge in [0.1, 0.15) is 27.9 Å². The molecule has 0 aliphatic heterocycles. The van der Waals surface area contributed by atoms with E-state index in [1.807, 2.05) is 54.6 Å². The molecule has 4 rings (SSSR count). The molecule has 0 unspecified atom stereocenters. The molecule has 0 spiro atoms. The Hall–Kier alpha value is -3.10. The number of hydrogen-bond donors (Lipinski definition) is 5. The summed E-state index contributed by atoms with van der Waals surface area (Å²) in [6, 6.07) is 16.8. The summed E-state index contributed by atoms with van der Waals surface area (Å²) in [5.74, 6) is 1.32. The Labute approximate surface area is 172 Å². The number of anilines is 2. The average Bonchev–Trinajstić information content (AvgIpc) is 3.29. The molecule has 150 valence electrons. The molecule has 1 aliphatic rings. The van der Waals surface area contributed by atoms with Crippen molar-refractivity contribution in [3.05, 3.63) is 60.2 Å². The summed E-state index contributed by atoms with van der Waals surface area (Å²) in [5, 5.41) is 35.2. The van der Waals surface area contributed by atoms with E-state index in [-0.39, 0.29) is 17.8 Å². The number of hydrogen-bond acceptors (Lipinski definition) is 7. The van der Waals surface area contributed by atoms with E-state index in [4.69, 9.17) is 10.1 Å². The van der Waals surface area contributed by atoms with Gasteiger partial charge in [0, 0.05) is 5.69 Å². The van der Waals surface area contributed by atoms with Crippen molar-refractivity contribution in [3.63, 3.8) is 0 Å². The predicted molar refractivity (Wildman–Crippen MR) is 114 cm³/mol. The van der Waals surface area contributed by atoms with Crippen LogP contribution in [0.2, 0.25) is 0 Å². The van der Waals surface area contributed by atoms with Gasteiger partial charge in [-0.3, -0.25) is 5.41 Å². The van der Waals surface area contributed by atoms with Crippen molar-refractivity contribution in [2.24, 2.45) is 0 Å². The minimum absolute atomic E-state index is 0.0498. The summed E-state index contributed by atoms with van der Waals surface area (Å²) in [4.78, 5) is 0. The van der Waals surface area contributed by atoms with Gasteiger partial charge in [0.05, 0.1) is 12.1 Å². The number of para-hydroxylation sites is 1. The fourth-order valence-electron chi connectivity index (χ4n) is 3.32. The van der Waals surface area contributed by atoms with Crippen LogP contribution in [0.1, 0.15) is 24.8 Å². The van der Waals surface area contributed by atoms with Gasteiger partial charge in [0.2, 0.25) is 5.88 Å². The van der Waals surface area contributed by atoms with Crippen LogP contribution in [-0.2, 0) is 0 Å². The highest BCUT2D eigenvalue weighted by molar-refractivity contribution is 7.11. The minimum atomic E-state index is -0.474. The number of nitrogens with zero attached hydrogens (tertiary/aromatic N) is 1. The molecule has 29 heavy (non-hydrogen) atoms. The lowest BCUT2D eigenvalue weighted by Crippen LogP contribution is -2.39. The van der Waals surface area contributed by atoms with Crippen molar-refractivity contribution in [1.29, 1.82) is 5.41 Å². The van der Waals surface area contributed by atoms with Crippen LogP contribution in [0.3, 0.4) is 0 Å². The van der Waals surface area contributed by atoms with Crippen LogP contribution in [0.15, 0.2) is 54.6 Å². The van der Waals surface area contributed by atoms with Crippen molar-refractivity contribution in [3.8, 4) is 17.4 Å². The smallest absolute Gasteiger partial charge is 0.236 e. The zero-order chi connectivity index (χ0) is 20.2. The maximum absolute atomic E-state index is 10.1.